The quantitative estimate of drug-likeness (QED) is 0.545. The van der Waals surface area contributed by atoms with Crippen molar-refractivity contribution in [3.63, 3.8) is 0 Å². The summed E-state index contributed by atoms with van der Waals surface area (Å²) in [6, 6.07) is 7.34. The van der Waals surface area contributed by atoms with E-state index >= 15 is 0 Å². The Morgan fingerprint density at radius 1 is 1.36 bits per heavy atom. The van der Waals surface area contributed by atoms with Gasteiger partial charge in [0.25, 0.3) is 5.56 Å². The molecule has 2 aromatic rings. The lowest BCUT2D eigenvalue weighted by Gasteiger charge is -2.17. The third kappa shape index (κ3) is 4.32. The van der Waals surface area contributed by atoms with Crippen LogP contribution in [0.1, 0.15) is 38.2 Å². The van der Waals surface area contributed by atoms with Crippen LogP contribution in [0.5, 0.6) is 11.6 Å². The third-order valence-corrected chi connectivity index (χ3v) is 5.79. The molecule has 0 radical (unpaired) electrons. The third-order valence-electron chi connectivity index (χ3n) is 4.86. The minimum Gasteiger partial charge on any atom is -0.495 e. The Balaban J connectivity index is 1.93. The molecule has 3 rings (SSSR count). The summed E-state index contributed by atoms with van der Waals surface area (Å²) in [5, 5.41) is 13.5. The first-order chi connectivity index (χ1) is 13.5. The molecule has 150 valence electrons. The lowest BCUT2D eigenvalue weighted by atomic mass is 10.2. The zero-order chi connectivity index (χ0) is 20.1. The van der Waals surface area contributed by atoms with E-state index in [-0.39, 0.29) is 39.9 Å². The van der Waals surface area contributed by atoms with Gasteiger partial charge in [-0.3, -0.25) is 14.2 Å². The number of aromatic hydroxyl groups is 1. The zero-order valence-corrected chi connectivity index (χ0v) is 16.9. The van der Waals surface area contributed by atoms with Gasteiger partial charge in [0, 0.05) is 6.04 Å². The fourth-order valence-corrected chi connectivity index (χ4v) is 4.23. The molecule has 0 bridgehead atoms. The van der Waals surface area contributed by atoms with E-state index in [0.717, 1.165) is 37.4 Å². The second-order valence-electron chi connectivity index (χ2n) is 6.70. The van der Waals surface area contributed by atoms with E-state index in [1.54, 1.807) is 25.1 Å². The van der Waals surface area contributed by atoms with Crippen molar-refractivity contribution in [2.45, 2.75) is 50.2 Å². The van der Waals surface area contributed by atoms with Crippen molar-refractivity contribution in [3.05, 3.63) is 40.2 Å². The summed E-state index contributed by atoms with van der Waals surface area (Å²) in [4.78, 5) is 29.5. The van der Waals surface area contributed by atoms with Gasteiger partial charge >= 0.3 is 0 Å². The summed E-state index contributed by atoms with van der Waals surface area (Å²) >= 11 is 1.12. The number of hydrogen-bond acceptors (Lipinski definition) is 6. The molecule has 0 aliphatic heterocycles. The Kier molecular flexibility index (Phi) is 6.61. The maximum atomic E-state index is 13.0. The van der Waals surface area contributed by atoms with Gasteiger partial charge in [-0.1, -0.05) is 43.7 Å². The number of aromatic nitrogens is 2. The Bertz CT molecular complexity index is 907. The van der Waals surface area contributed by atoms with E-state index in [1.807, 2.05) is 6.07 Å². The average Bonchev–Trinajstić information content (AvgIpc) is 3.19. The predicted octanol–water partition coefficient (Wildman–Crippen LogP) is 2.66. The number of carbonyl (C=O) groups is 1. The molecule has 0 saturated heterocycles. The lowest BCUT2D eigenvalue weighted by molar-refractivity contribution is -0.119. The number of rotatable bonds is 7. The first-order valence-corrected chi connectivity index (χ1v) is 10.4. The summed E-state index contributed by atoms with van der Waals surface area (Å²) < 4.78 is 6.80. The maximum Gasteiger partial charge on any atom is 0.265 e. The Morgan fingerprint density at radius 2 is 2.07 bits per heavy atom. The second-order valence-corrected chi connectivity index (χ2v) is 7.64. The molecule has 1 aromatic carbocycles. The van der Waals surface area contributed by atoms with Crippen LogP contribution in [0.25, 0.3) is 5.69 Å². The number of para-hydroxylation sites is 2. The molecule has 0 atom stereocenters. The molecule has 7 nitrogen and oxygen atoms in total. The van der Waals surface area contributed by atoms with Crippen LogP contribution in [0.4, 0.5) is 0 Å². The van der Waals surface area contributed by atoms with E-state index in [1.165, 1.54) is 11.7 Å². The molecular formula is C20H25N3O4S. The number of nitrogens with zero attached hydrogens (tertiary/aromatic N) is 2. The van der Waals surface area contributed by atoms with Crippen LogP contribution in [0, 0.1) is 0 Å². The minimum atomic E-state index is -0.363. The molecule has 28 heavy (non-hydrogen) atoms. The van der Waals surface area contributed by atoms with Crippen molar-refractivity contribution < 1.29 is 14.6 Å². The van der Waals surface area contributed by atoms with Crippen LogP contribution in [0.2, 0.25) is 0 Å². The van der Waals surface area contributed by atoms with Gasteiger partial charge in [-0.2, -0.15) is 4.98 Å². The number of benzene rings is 1. The summed E-state index contributed by atoms with van der Waals surface area (Å²) in [6.45, 7) is 1.78. The number of ether oxygens (including phenoxy) is 1. The van der Waals surface area contributed by atoms with Crippen LogP contribution >= 0.6 is 11.8 Å². The second kappa shape index (κ2) is 9.14. The van der Waals surface area contributed by atoms with Crippen LogP contribution < -0.4 is 15.6 Å². The van der Waals surface area contributed by atoms with Gasteiger partial charge < -0.3 is 15.2 Å². The number of thioether (sulfide) groups is 1. The highest BCUT2D eigenvalue weighted by atomic mass is 32.2. The van der Waals surface area contributed by atoms with Crippen molar-refractivity contribution in [1.82, 2.24) is 14.9 Å². The summed E-state index contributed by atoms with van der Waals surface area (Å²) in [5.74, 6) is 0.230. The van der Waals surface area contributed by atoms with Gasteiger partial charge in [0.2, 0.25) is 11.8 Å². The average molecular weight is 404 g/mol. The number of nitrogens with one attached hydrogen (secondary N) is 1. The molecule has 1 aliphatic rings. The molecule has 1 amide bonds. The van der Waals surface area contributed by atoms with Gasteiger partial charge in [0.15, 0.2) is 5.16 Å². The standard InChI is InChI=1S/C20H25N3O4S/c1-3-14-18(25)22-20(28-12-17(24)21-13-8-4-5-9-13)23(19(14)26)15-10-6-7-11-16(15)27-2/h6-7,10-11,13,25H,3-5,8-9,12H2,1-2H3,(H,21,24). The lowest BCUT2D eigenvalue weighted by Crippen LogP contribution is -2.34. The fraction of sp³-hybridized carbons (Fsp3) is 0.450. The van der Waals surface area contributed by atoms with E-state index in [4.69, 9.17) is 4.74 Å². The van der Waals surface area contributed by atoms with Crippen LogP contribution in [-0.2, 0) is 11.2 Å². The number of hydrogen-bond donors (Lipinski definition) is 2. The summed E-state index contributed by atoms with van der Waals surface area (Å²) in [7, 11) is 1.53. The van der Waals surface area contributed by atoms with Crippen molar-refractivity contribution in [2.75, 3.05) is 12.9 Å². The fourth-order valence-electron chi connectivity index (χ4n) is 3.43. The van der Waals surface area contributed by atoms with E-state index in [0.29, 0.717) is 17.9 Å². The van der Waals surface area contributed by atoms with Crippen LogP contribution in [0.3, 0.4) is 0 Å². The van der Waals surface area contributed by atoms with E-state index in [9.17, 15) is 14.7 Å². The van der Waals surface area contributed by atoms with Gasteiger partial charge in [0.1, 0.15) is 5.75 Å². The largest absolute Gasteiger partial charge is 0.495 e. The number of amides is 1. The highest BCUT2D eigenvalue weighted by molar-refractivity contribution is 7.99. The smallest absolute Gasteiger partial charge is 0.265 e. The van der Waals surface area contributed by atoms with Crippen molar-refractivity contribution >= 4 is 17.7 Å². The molecule has 2 N–H and O–H groups in total. The van der Waals surface area contributed by atoms with Crippen molar-refractivity contribution in [2.24, 2.45) is 0 Å². The molecule has 1 heterocycles. The predicted molar refractivity (Wildman–Crippen MR) is 109 cm³/mol. The highest BCUT2D eigenvalue weighted by Gasteiger charge is 2.21. The molecule has 1 aliphatic carbocycles. The molecule has 0 unspecified atom stereocenters. The van der Waals surface area contributed by atoms with Gasteiger partial charge in [-0.25, -0.2) is 0 Å². The van der Waals surface area contributed by atoms with E-state index < -0.39 is 0 Å². The molecule has 0 spiro atoms. The van der Waals surface area contributed by atoms with Crippen molar-refractivity contribution in [1.29, 1.82) is 0 Å². The molecule has 1 aromatic heterocycles. The summed E-state index contributed by atoms with van der Waals surface area (Å²) in [5.41, 5.74) is 0.389. The maximum absolute atomic E-state index is 13.0. The topological polar surface area (TPSA) is 93.5 Å². The van der Waals surface area contributed by atoms with Gasteiger partial charge in [-0.05, 0) is 31.4 Å². The Labute approximate surface area is 168 Å². The number of methoxy groups -OCH3 is 1. The molecule has 1 saturated carbocycles. The molecular weight excluding hydrogens is 378 g/mol. The van der Waals surface area contributed by atoms with Crippen LogP contribution in [-0.4, -0.2) is 39.5 Å². The molecule has 8 heteroatoms. The highest BCUT2D eigenvalue weighted by Crippen LogP contribution is 2.28. The SMILES string of the molecule is CCc1c(O)nc(SCC(=O)NC2CCCC2)n(-c2ccccc2OC)c1=O. The van der Waals surface area contributed by atoms with Gasteiger partial charge in [0.05, 0.1) is 24.1 Å². The van der Waals surface area contributed by atoms with Gasteiger partial charge in [-0.15, -0.1) is 0 Å². The first kappa shape index (κ1) is 20.3. The minimum absolute atomic E-state index is 0.100. The normalized spacial score (nSPS) is 14.2. The molecule has 1 fully saturated rings. The van der Waals surface area contributed by atoms with Crippen LogP contribution in [0.15, 0.2) is 34.2 Å². The Morgan fingerprint density at radius 3 is 2.75 bits per heavy atom. The Hall–Kier alpha value is -2.48. The zero-order valence-electron chi connectivity index (χ0n) is 16.1. The van der Waals surface area contributed by atoms with Crippen molar-refractivity contribution in [3.8, 4) is 17.3 Å². The monoisotopic (exact) mass is 403 g/mol. The van der Waals surface area contributed by atoms with E-state index in [2.05, 4.69) is 10.3 Å². The number of carbonyl (C=O) groups excluding carboxylic acids is 1. The first-order valence-electron chi connectivity index (χ1n) is 9.45. The summed E-state index contributed by atoms with van der Waals surface area (Å²) in [6.07, 6.45) is 4.64.